The Bertz CT molecular complexity index is 4270. The third-order valence-electron chi connectivity index (χ3n) is 19.4. The average molecular weight is 1630 g/mol. The summed E-state index contributed by atoms with van der Waals surface area (Å²) in [4.78, 5) is 188. The molecule has 117 heavy (non-hydrogen) atoms. The predicted molar refractivity (Wildman–Crippen MR) is 421 cm³/mol. The van der Waals surface area contributed by atoms with E-state index >= 15 is 0 Å². The van der Waals surface area contributed by atoms with Crippen LogP contribution in [0.2, 0.25) is 0 Å². The number of aliphatic carboxylic acids is 1. The number of nitrogens with zero attached hydrogens (tertiary/aromatic N) is 5. The molecular weight excluding hydrogens is 1520 g/mol. The number of H-pyrrole nitrogens is 2. The maximum absolute atomic E-state index is 14.9. The predicted octanol–water partition coefficient (Wildman–Crippen LogP) is 1.53. The third kappa shape index (κ3) is 32.8. The van der Waals surface area contributed by atoms with Crippen LogP contribution in [0, 0.1) is 35.0 Å². The molecule has 0 saturated carbocycles. The number of fused-ring (bicyclic) bond motifs is 1. The highest BCUT2D eigenvalue weighted by molar-refractivity contribution is 5.99. The Morgan fingerprint density at radius 3 is 2.05 bits per heavy atom. The van der Waals surface area contributed by atoms with Crippen LogP contribution in [0.4, 0.5) is 0 Å². The van der Waals surface area contributed by atoms with E-state index in [0.717, 1.165) is 5.69 Å². The highest BCUT2D eigenvalue weighted by Gasteiger charge is 2.40. The molecule has 16 N–H and O–H groups in total. The summed E-state index contributed by atoms with van der Waals surface area (Å²) in [6, 6.07) is 14.4. The number of aromatic hydroxyl groups is 1. The van der Waals surface area contributed by atoms with Gasteiger partial charge in [-0.25, -0.2) is 9.67 Å². The SMILES string of the molecule is CC(C)CC(CC(=O)CNC(=O)C(CC(=O)C(CO)NC(=O)C(CC(=O)C(Cc1c[nH]cn1)NC(=O)C(CCC(=O)O)CC(=O)CCOCCOCCOCCn1cc(CCCOc2cccc(OC=O)c2)nn1)Cc1c[nH]c2ccccc12)Cc1ccc(O)cc1)C(=O)NC(CCCNC(=N)N)C(=O)N1CCCC1C(=O)NCC(N)=O. The van der Waals surface area contributed by atoms with Gasteiger partial charge in [-0.1, -0.05) is 55.5 Å². The molecule has 1 aliphatic heterocycles. The molecular formula is C80H108N16O21. The van der Waals surface area contributed by atoms with Crippen molar-refractivity contribution in [2.24, 2.45) is 41.1 Å². The number of hydrogen-bond donors (Lipinski definition) is 14. The molecule has 6 aromatic rings. The number of Topliss-reactive ketones (excluding diaryl/α,β-unsaturated/α-hetero) is 4. The Morgan fingerprint density at radius 1 is 0.675 bits per heavy atom. The number of aliphatic hydroxyl groups is 1. The molecule has 0 radical (unpaired) electrons. The van der Waals surface area contributed by atoms with E-state index in [0.29, 0.717) is 84.7 Å². The summed E-state index contributed by atoms with van der Waals surface area (Å²) in [5.74, 6) is -13.5. The van der Waals surface area contributed by atoms with E-state index in [-0.39, 0.29) is 122 Å². The van der Waals surface area contributed by atoms with Gasteiger partial charge in [-0.2, -0.15) is 0 Å². The fourth-order valence-corrected chi connectivity index (χ4v) is 13.4. The van der Waals surface area contributed by atoms with Crippen molar-refractivity contribution >= 4 is 93.8 Å². The first-order valence-corrected chi connectivity index (χ1v) is 39.1. The van der Waals surface area contributed by atoms with Gasteiger partial charge in [0.25, 0.3) is 6.47 Å². The number of carbonyl (C=O) groups excluding carboxylic acids is 12. The zero-order valence-corrected chi connectivity index (χ0v) is 65.8. The Hall–Kier alpha value is -11.8. The molecule has 7 amide bonds. The molecule has 0 bridgehead atoms. The maximum Gasteiger partial charge on any atom is 0.303 e. The summed E-state index contributed by atoms with van der Waals surface area (Å²) in [5.41, 5.74) is 13.5. The van der Waals surface area contributed by atoms with Crippen molar-refractivity contribution in [3.8, 4) is 17.2 Å². The van der Waals surface area contributed by atoms with Crippen LogP contribution in [-0.4, -0.2) is 236 Å². The number of primary amides is 1. The van der Waals surface area contributed by atoms with Crippen molar-refractivity contribution in [1.29, 1.82) is 5.41 Å². The topological polar surface area (TPSA) is 555 Å². The number of rotatable bonds is 58. The minimum absolute atomic E-state index is 0.0297. The zero-order valence-electron chi connectivity index (χ0n) is 65.8. The second-order valence-corrected chi connectivity index (χ2v) is 29.0. The van der Waals surface area contributed by atoms with Crippen LogP contribution in [0.25, 0.3) is 10.9 Å². The van der Waals surface area contributed by atoms with E-state index in [1.165, 1.54) is 41.7 Å². The highest BCUT2D eigenvalue weighted by atomic mass is 16.5. The second kappa shape index (κ2) is 49.2. The number of amides is 7. The van der Waals surface area contributed by atoms with Gasteiger partial charge in [0.1, 0.15) is 41.2 Å². The first-order chi connectivity index (χ1) is 56.2. The number of aromatic nitrogens is 6. The van der Waals surface area contributed by atoms with Crippen molar-refractivity contribution in [3.05, 3.63) is 120 Å². The molecule has 634 valence electrons. The lowest BCUT2D eigenvalue weighted by atomic mass is 9.88. The number of ether oxygens (including phenoxy) is 5. The standard InChI is InChI=1S/C80H108N16O21/c1-50(2)33-53(76(109)90-66(14-6-23-85-80(82)83)79(112)96-24-7-15-69(96)78(111)88-45-72(81)104)37-61(101)44-87-74(107)54(34-51-16-19-59(99)20-17-51)38-71(103)68(47-97)92-77(110)55(35-56-42-86-65-13-4-3-12-64(56)65)39-70(102)67(40-58-43-84-48-89-58)91-75(108)52(18-21-73(105)106)36-60(100)22-27-113-29-31-115-32-30-114-28-25-95-46-57(93-94-95)9-8-26-116-62-10-5-11-63(41-62)117-49-98/h3-5,10-13,16-17,19-20,41-43,46,48-50,52-55,66-69,86,97,99H,6-9,14-15,18,21-40,44-45,47H2,1-2H3,(H2,81,104)(H,84,89)(H,87,107)(H,88,111)(H,90,109)(H,91,108)(H,92,110)(H,105,106)(H4,82,83,85). The third-order valence-corrected chi connectivity index (χ3v) is 19.4. The van der Waals surface area contributed by atoms with Gasteiger partial charge >= 0.3 is 5.97 Å². The van der Waals surface area contributed by atoms with E-state index < -0.39 is 170 Å². The van der Waals surface area contributed by atoms with Crippen LogP contribution >= 0.6 is 0 Å². The molecule has 8 atom stereocenters. The second-order valence-electron chi connectivity index (χ2n) is 29.0. The number of benzene rings is 3. The van der Waals surface area contributed by atoms with E-state index in [9.17, 15) is 77.6 Å². The highest BCUT2D eigenvalue weighted by Crippen LogP contribution is 2.27. The van der Waals surface area contributed by atoms with Crippen molar-refractivity contribution in [3.63, 3.8) is 0 Å². The normalized spacial score (nSPS) is 14.4. The summed E-state index contributed by atoms with van der Waals surface area (Å²) in [6.07, 6.45) is 5.22. The number of aliphatic hydroxyl groups excluding tert-OH is 1. The van der Waals surface area contributed by atoms with E-state index in [4.69, 9.17) is 40.6 Å². The number of imidazole rings is 1. The van der Waals surface area contributed by atoms with Crippen LogP contribution in [-0.2, 0) is 109 Å². The molecule has 1 aliphatic rings. The number of para-hydroxylation sites is 1. The lowest BCUT2D eigenvalue weighted by Crippen LogP contribution is -2.55. The molecule has 3 aromatic carbocycles. The molecule has 0 spiro atoms. The van der Waals surface area contributed by atoms with Gasteiger partial charge in [0.15, 0.2) is 23.3 Å². The summed E-state index contributed by atoms with van der Waals surface area (Å²) in [6.45, 7) is 4.22. The molecule has 3 aromatic heterocycles. The number of phenols is 1. The van der Waals surface area contributed by atoms with Crippen LogP contribution < -0.4 is 52.8 Å². The molecule has 7 rings (SSSR count). The summed E-state index contributed by atoms with van der Waals surface area (Å²) in [7, 11) is 0. The maximum atomic E-state index is 14.9. The number of carboxylic acid groups (broad SMARTS) is 1. The number of hydrogen-bond acceptors (Lipinski definition) is 24. The Morgan fingerprint density at radius 2 is 1.35 bits per heavy atom. The molecule has 37 nitrogen and oxygen atoms in total. The van der Waals surface area contributed by atoms with Crippen LogP contribution in [0.1, 0.15) is 120 Å². The number of nitrogens with two attached hydrogens (primary N) is 2. The lowest BCUT2D eigenvalue weighted by Gasteiger charge is -2.30. The Balaban J connectivity index is 0.948. The Kier molecular flexibility index (Phi) is 38.8. The van der Waals surface area contributed by atoms with Gasteiger partial charge < -0.3 is 97.2 Å². The quantitative estimate of drug-likeness (QED) is 0.0111. The number of aromatic amines is 2. The van der Waals surface area contributed by atoms with Crippen molar-refractivity contribution in [1.82, 2.24) is 66.7 Å². The monoisotopic (exact) mass is 1630 g/mol. The van der Waals surface area contributed by atoms with E-state index in [1.54, 1.807) is 59.4 Å². The van der Waals surface area contributed by atoms with Crippen molar-refractivity contribution < 1.29 is 101 Å². The van der Waals surface area contributed by atoms with Crippen LogP contribution in [0.5, 0.6) is 17.2 Å². The van der Waals surface area contributed by atoms with Crippen molar-refractivity contribution in [2.45, 2.75) is 154 Å². The molecule has 37 heteroatoms. The van der Waals surface area contributed by atoms with Gasteiger partial charge in [0.2, 0.25) is 41.4 Å². The molecule has 8 unspecified atom stereocenters. The molecule has 4 heterocycles. The minimum Gasteiger partial charge on any atom is -0.508 e. The average Bonchev–Trinajstić information content (AvgIpc) is 1.72. The summed E-state index contributed by atoms with van der Waals surface area (Å²) in [5, 5.41) is 63.2. The van der Waals surface area contributed by atoms with E-state index in [1.807, 2.05) is 20.0 Å². The Labute approximate surface area is 675 Å². The number of likely N-dealkylation sites (tertiary alicyclic amines) is 1. The smallest absolute Gasteiger partial charge is 0.303 e. The van der Waals surface area contributed by atoms with Crippen molar-refractivity contribution in [2.75, 3.05) is 79.0 Å². The molecule has 0 aliphatic carbocycles. The van der Waals surface area contributed by atoms with E-state index in [2.05, 4.69) is 57.2 Å². The fraction of sp³-hybridized carbons (Fsp3) is 0.512. The van der Waals surface area contributed by atoms with Gasteiger partial charge in [-0.15, -0.1) is 5.10 Å². The summed E-state index contributed by atoms with van der Waals surface area (Å²) >= 11 is 0. The number of carboxylic acids is 1. The zero-order chi connectivity index (χ0) is 84.6. The van der Waals surface area contributed by atoms with Gasteiger partial charge in [-0.3, -0.25) is 67.7 Å². The van der Waals surface area contributed by atoms with Gasteiger partial charge in [0, 0.05) is 117 Å². The number of aryl methyl sites for hydroxylation is 1. The lowest BCUT2D eigenvalue weighted by molar-refractivity contribution is -0.142. The van der Waals surface area contributed by atoms with Crippen LogP contribution in [0.3, 0.4) is 0 Å². The molecule has 1 fully saturated rings. The minimum atomic E-state index is -1.69. The molecule has 1 saturated heterocycles. The number of nitrogens with one attached hydrogen (secondary N) is 9. The van der Waals surface area contributed by atoms with Gasteiger partial charge in [-0.05, 0) is 112 Å². The number of ketones is 4. The number of carbonyl (C=O) groups is 13. The van der Waals surface area contributed by atoms with Gasteiger partial charge in [0.05, 0.1) is 96.2 Å². The summed E-state index contributed by atoms with van der Waals surface area (Å²) < 4.78 is 29.2. The number of guanidine groups is 1. The fourth-order valence-electron chi connectivity index (χ4n) is 13.4. The number of phenolic OH excluding ortho intramolecular Hbond substituents is 1. The first-order valence-electron chi connectivity index (χ1n) is 39.1. The van der Waals surface area contributed by atoms with Crippen LogP contribution in [0.15, 0.2) is 97.7 Å². The largest absolute Gasteiger partial charge is 0.508 e. The first kappa shape index (κ1) is 92.3.